The molecule has 130 valence electrons. The van der Waals surface area contributed by atoms with Gasteiger partial charge in [-0.05, 0) is 31.0 Å². The highest BCUT2D eigenvalue weighted by molar-refractivity contribution is 5.92. The topological polar surface area (TPSA) is 77.2 Å². The van der Waals surface area contributed by atoms with Crippen molar-refractivity contribution in [1.29, 1.82) is 0 Å². The van der Waals surface area contributed by atoms with E-state index in [9.17, 15) is 4.79 Å². The molecule has 0 radical (unpaired) electrons. The Balaban J connectivity index is 1.23. The first-order chi connectivity index (χ1) is 12.8. The molecule has 0 bridgehead atoms. The van der Waals surface area contributed by atoms with Gasteiger partial charge >= 0.3 is 0 Å². The third kappa shape index (κ3) is 3.83. The number of carbonyl (C=O) groups is 1. The van der Waals surface area contributed by atoms with Crippen LogP contribution >= 0.6 is 0 Å². The molecule has 3 aromatic rings. The van der Waals surface area contributed by atoms with Crippen molar-refractivity contribution in [2.75, 3.05) is 13.2 Å². The van der Waals surface area contributed by atoms with E-state index in [-0.39, 0.29) is 19.1 Å². The fourth-order valence-electron chi connectivity index (χ4n) is 2.54. The van der Waals surface area contributed by atoms with Crippen LogP contribution < -0.4 is 10.1 Å². The number of aromatic nitrogens is 2. The Kier molecular flexibility index (Phi) is 4.52. The van der Waals surface area contributed by atoms with Crippen molar-refractivity contribution in [2.45, 2.75) is 18.8 Å². The van der Waals surface area contributed by atoms with Gasteiger partial charge in [-0.1, -0.05) is 23.1 Å². The summed E-state index contributed by atoms with van der Waals surface area (Å²) >= 11 is 0. The normalized spacial score (nSPS) is 13.1. The first-order valence-corrected chi connectivity index (χ1v) is 8.48. The summed E-state index contributed by atoms with van der Waals surface area (Å²) in [5, 5.41) is 7.55. The van der Waals surface area contributed by atoms with E-state index < -0.39 is 0 Å². The molecule has 6 heteroatoms. The van der Waals surface area contributed by atoms with Crippen molar-refractivity contribution in [2.24, 2.45) is 0 Å². The maximum Gasteiger partial charge on any atom is 0.274 e. The van der Waals surface area contributed by atoms with E-state index in [2.05, 4.69) is 27.3 Å². The van der Waals surface area contributed by atoms with E-state index in [0.717, 1.165) is 29.5 Å². The van der Waals surface area contributed by atoms with E-state index in [1.54, 1.807) is 12.3 Å². The maximum atomic E-state index is 11.9. The predicted octanol–water partition coefficient (Wildman–Crippen LogP) is 2.91. The van der Waals surface area contributed by atoms with Crippen molar-refractivity contribution in [3.8, 4) is 17.6 Å². The smallest absolute Gasteiger partial charge is 0.274 e. The molecule has 1 aliphatic rings. The third-order valence-electron chi connectivity index (χ3n) is 4.09. The lowest BCUT2D eigenvalue weighted by Gasteiger charge is -2.03. The number of hydrogen-bond donors (Lipinski definition) is 1. The number of benzene rings is 1. The van der Waals surface area contributed by atoms with Crippen LogP contribution in [0.25, 0.3) is 10.9 Å². The lowest BCUT2D eigenvalue weighted by molar-refractivity contribution is 0.0949. The minimum Gasteiger partial charge on any atom is -0.481 e. The fraction of sp³-hybridized carbons (Fsp3) is 0.250. The molecule has 4 rings (SSSR count). The Bertz CT molecular complexity index is 996. The van der Waals surface area contributed by atoms with Crippen LogP contribution in [0.3, 0.4) is 0 Å². The second kappa shape index (κ2) is 7.28. The van der Waals surface area contributed by atoms with Gasteiger partial charge in [0.05, 0.1) is 12.1 Å². The Morgan fingerprint density at radius 2 is 2.19 bits per heavy atom. The molecule has 1 N–H and O–H groups in total. The first kappa shape index (κ1) is 16.2. The molecule has 0 saturated heterocycles. The van der Waals surface area contributed by atoms with E-state index in [4.69, 9.17) is 9.26 Å². The molecule has 1 aliphatic carbocycles. The predicted molar refractivity (Wildman–Crippen MR) is 95.8 cm³/mol. The van der Waals surface area contributed by atoms with Crippen LogP contribution in [0, 0.1) is 11.8 Å². The second-order valence-electron chi connectivity index (χ2n) is 6.07. The van der Waals surface area contributed by atoms with Gasteiger partial charge in [0.1, 0.15) is 18.1 Å². The molecular weight excluding hydrogens is 330 g/mol. The van der Waals surface area contributed by atoms with Crippen molar-refractivity contribution in [1.82, 2.24) is 15.5 Å². The summed E-state index contributed by atoms with van der Waals surface area (Å²) in [6.45, 7) is 0.469. The molecule has 0 unspecified atom stereocenters. The SMILES string of the molecule is O=C(NCC#CCOc1ccc2cccnc2c1)c1cc(C2CC2)on1. The van der Waals surface area contributed by atoms with Crippen LogP contribution in [-0.2, 0) is 0 Å². The third-order valence-corrected chi connectivity index (χ3v) is 4.09. The zero-order valence-electron chi connectivity index (χ0n) is 14.1. The second-order valence-corrected chi connectivity index (χ2v) is 6.07. The largest absolute Gasteiger partial charge is 0.481 e. The van der Waals surface area contributed by atoms with Crippen molar-refractivity contribution in [3.63, 3.8) is 0 Å². The Morgan fingerprint density at radius 3 is 3.08 bits per heavy atom. The highest BCUT2D eigenvalue weighted by Crippen LogP contribution is 2.40. The lowest BCUT2D eigenvalue weighted by Crippen LogP contribution is -2.23. The van der Waals surface area contributed by atoms with Crippen molar-refractivity contribution in [3.05, 3.63) is 54.0 Å². The number of ether oxygens (including phenoxy) is 1. The standard InChI is InChI=1S/C20H17N3O3/c24-20(18-13-19(26-23-18)15-5-6-15)22-9-1-2-11-25-16-8-7-14-4-3-10-21-17(14)12-16/h3-4,7-8,10,12-13,15H,5-6,9,11H2,(H,22,24). The van der Waals surface area contributed by atoms with Gasteiger partial charge in [-0.2, -0.15) is 0 Å². The van der Waals surface area contributed by atoms with Gasteiger partial charge in [-0.15, -0.1) is 0 Å². The van der Waals surface area contributed by atoms with Crippen LogP contribution in [-0.4, -0.2) is 29.2 Å². The van der Waals surface area contributed by atoms with Gasteiger partial charge in [0.25, 0.3) is 5.91 Å². The number of rotatable bonds is 5. The van der Waals surface area contributed by atoms with Crippen LogP contribution in [0.5, 0.6) is 5.75 Å². The summed E-state index contributed by atoms with van der Waals surface area (Å²) in [5.74, 6) is 7.38. The van der Waals surface area contributed by atoms with Gasteiger partial charge in [0, 0.05) is 29.6 Å². The summed E-state index contributed by atoms with van der Waals surface area (Å²) in [4.78, 5) is 16.2. The van der Waals surface area contributed by atoms with Gasteiger partial charge in [-0.3, -0.25) is 9.78 Å². The van der Waals surface area contributed by atoms with E-state index in [0.29, 0.717) is 17.4 Å². The summed E-state index contributed by atoms with van der Waals surface area (Å²) in [5.41, 5.74) is 1.18. The minimum absolute atomic E-state index is 0.229. The van der Waals surface area contributed by atoms with Crippen molar-refractivity contribution < 1.29 is 14.1 Å². The Hall–Kier alpha value is -3.33. The average molecular weight is 347 g/mol. The zero-order valence-corrected chi connectivity index (χ0v) is 14.1. The molecule has 1 saturated carbocycles. The number of pyridine rings is 1. The summed E-state index contributed by atoms with van der Waals surface area (Å²) < 4.78 is 10.8. The average Bonchev–Trinajstić information content (AvgIpc) is 3.41. The number of fused-ring (bicyclic) bond motifs is 1. The maximum absolute atomic E-state index is 11.9. The molecule has 1 fully saturated rings. The number of amides is 1. The molecule has 1 aromatic carbocycles. The molecule has 0 aliphatic heterocycles. The zero-order chi connectivity index (χ0) is 17.8. The summed E-state index contributed by atoms with van der Waals surface area (Å²) in [6, 6.07) is 11.3. The highest BCUT2D eigenvalue weighted by atomic mass is 16.5. The Morgan fingerprint density at radius 1 is 1.27 bits per heavy atom. The van der Waals surface area contributed by atoms with Gasteiger partial charge in [-0.25, -0.2) is 0 Å². The molecule has 2 aromatic heterocycles. The molecule has 26 heavy (non-hydrogen) atoms. The summed E-state index contributed by atoms with van der Waals surface area (Å²) in [6.07, 6.45) is 3.96. The van der Waals surface area contributed by atoms with Gasteiger partial charge < -0.3 is 14.6 Å². The molecule has 2 heterocycles. The molecule has 1 amide bonds. The fourth-order valence-corrected chi connectivity index (χ4v) is 2.54. The van der Waals surface area contributed by atoms with Gasteiger partial charge in [0.2, 0.25) is 0 Å². The van der Waals surface area contributed by atoms with Crippen LogP contribution in [0.15, 0.2) is 47.1 Å². The number of hydrogen-bond acceptors (Lipinski definition) is 5. The van der Waals surface area contributed by atoms with Crippen molar-refractivity contribution >= 4 is 16.8 Å². The van der Waals surface area contributed by atoms with Crippen LogP contribution in [0.4, 0.5) is 0 Å². The molecule has 6 nitrogen and oxygen atoms in total. The first-order valence-electron chi connectivity index (χ1n) is 8.48. The van der Waals surface area contributed by atoms with E-state index >= 15 is 0 Å². The van der Waals surface area contributed by atoms with Crippen LogP contribution in [0.2, 0.25) is 0 Å². The van der Waals surface area contributed by atoms with E-state index in [1.807, 2.05) is 30.3 Å². The van der Waals surface area contributed by atoms with Crippen LogP contribution in [0.1, 0.15) is 35.0 Å². The minimum atomic E-state index is -0.281. The monoisotopic (exact) mass is 347 g/mol. The van der Waals surface area contributed by atoms with E-state index in [1.165, 1.54) is 0 Å². The number of nitrogens with zero attached hydrogens (tertiary/aromatic N) is 2. The molecule has 0 atom stereocenters. The molecule has 0 spiro atoms. The number of carbonyl (C=O) groups excluding carboxylic acids is 1. The lowest BCUT2D eigenvalue weighted by atomic mass is 10.2. The van der Waals surface area contributed by atoms with Gasteiger partial charge in [0.15, 0.2) is 5.69 Å². The number of nitrogens with one attached hydrogen (secondary N) is 1. The quantitative estimate of drug-likeness (QED) is 0.718. The Labute approximate surface area is 150 Å². The summed E-state index contributed by atoms with van der Waals surface area (Å²) in [7, 11) is 0. The molecular formula is C20H17N3O3. The highest BCUT2D eigenvalue weighted by Gasteiger charge is 2.28.